The fraction of sp³-hybridized carbons (Fsp3) is 0.222. The largest absolute Gasteiger partial charge is 0.483 e. The molecule has 0 fully saturated rings. The molecule has 2 aromatic carbocycles. The molecule has 23 heavy (non-hydrogen) atoms. The van der Waals surface area contributed by atoms with Crippen molar-refractivity contribution in [2.75, 3.05) is 13.6 Å². The average molecular weight is 411 g/mol. The number of nitrogens with zero attached hydrogens (tertiary/aromatic N) is 1. The molecule has 1 aliphatic rings. The van der Waals surface area contributed by atoms with Crippen LogP contribution < -0.4 is 4.74 Å². The van der Waals surface area contributed by atoms with Gasteiger partial charge in [0, 0.05) is 18.5 Å². The number of ether oxygens (including phenoxy) is 1. The number of fused-ring (bicyclic) bond motifs is 2. The second kappa shape index (κ2) is 6.81. The maximum atomic E-state index is 6.43. The summed E-state index contributed by atoms with van der Waals surface area (Å²) >= 11 is 5.40. The molecule has 2 nitrogen and oxygen atoms in total. The first-order valence-corrected chi connectivity index (χ1v) is 8.93. The summed E-state index contributed by atoms with van der Waals surface area (Å²) in [7, 11) is 2.15. The maximum Gasteiger partial charge on any atom is 0.146 e. The summed E-state index contributed by atoms with van der Waals surface area (Å²) in [5, 5.41) is 2.40. The molecule has 0 radical (unpaired) electrons. The smallest absolute Gasteiger partial charge is 0.146 e. The Morgan fingerprint density at radius 1 is 1.17 bits per heavy atom. The molecule has 0 spiro atoms. The lowest BCUT2D eigenvalue weighted by Crippen LogP contribution is -2.31. The van der Waals surface area contributed by atoms with Crippen LogP contribution in [0.5, 0.6) is 5.75 Å². The Bertz CT molecular complexity index is 830. The standard InChI is InChI=1S/C18H16BrNOS.ClH/c1-20-10-13-9-17(19)22-18(13)16(11-20)21-15-8-4-6-12-5-2-3-7-14(12)15;/h2-9,16H,10-11H2,1H3;1H. The molecule has 0 bridgehead atoms. The third-order valence-electron chi connectivity index (χ3n) is 4.04. The van der Waals surface area contributed by atoms with E-state index in [1.165, 1.54) is 25.0 Å². The summed E-state index contributed by atoms with van der Waals surface area (Å²) in [6.45, 7) is 1.91. The number of rotatable bonds is 2. The number of likely N-dealkylation sites (N-methyl/N-ethyl adjacent to an activating group) is 1. The normalized spacial score (nSPS) is 17.6. The first-order valence-electron chi connectivity index (χ1n) is 7.32. The second-order valence-electron chi connectivity index (χ2n) is 5.72. The van der Waals surface area contributed by atoms with E-state index in [2.05, 4.69) is 76.4 Å². The Morgan fingerprint density at radius 3 is 2.83 bits per heavy atom. The van der Waals surface area contributed by atoms with Crippen molar-refractivity contribution in [2.45, 2.75) is 12.6 Å². The molecule has 4 rings (SSSR count). The van der Waals surface area contributed by atoms with Gasteiger partial charge < -0.3 is 4.74 Å². The quantitative estimate of drug-likeness (QED) is 0.541. The van der Waals surface area contributed by atoms with E-state index in [-0.39, 0.29) is 18.5 Å². The molecule has 0 saturated carbocycles. The Balaban J connectivity index is 0.00000156. The highest BCUT2D eigenvalue weighted by atomic mass is 79.9. The van der Waals surface area contributed by atoms with Crippen LogP contribution in [0.25, 0.3) is 10.8 Å². The summed E-state index contributed by atoms with van der Waals surface area (Å²) in [6, 6.07) is 16.9. The lowest BCUT2D eigenvalue weighted by atomic mass is 10.1. The lowest BCUT2D eigenvalue weighted by Gasteiger charge is -2.30. The van der Waals surface area contributed by atoms with Crippen LogP contribution in [0.1, 0.15) is 16.5 Å². The fourth-order valence-corrected chi connectivity index (χ4v) is 4.79. The minimum atomic E-state index is 0. The highest BCUT2D eigenvalue weighted by molar-refractivity contribution is 9.11. The number of benzene rings is 2. The third-order valence-corrected chi connectivity index (χ3v) is 5.81. The van der Waals surface area contributed by atoms with Crippen LogP contribution in [0.15, 0.2) is 52.3 Å². The van der Waals surface area contributed by atoms with Gasteiger partial charge in [-0.25, -0.2) is 0 Å². The number of hydrogen-bond donors (Lipinski definition) is 0. The monoisotopic (exact) mass is 409 g/mol. The van der Waals surface area contributed by atoms with Crippen molar-refractivity contribution >= 4 is 50.4 Å². The van der Waals surface area contributed by atoms with E-state index in [1.54, 1.807) is 11.3 Å². The number of halogens is 2. The van der Waals surface area contributed by atoms with Gasteiger partial charge in [0.15, 0.2) is 0 Å². The van der Waals surface area contributed by atoms with E-state index in [4.69, 9.17) is 4.74 Å². The molecule has 0 amide bonds. The van der Waals surface area contributed by atoms with Crippen LogP contribution in [0.4, 0.5) is 0 Å². The van der Waals surface area contributed by atoms with Crippen molar-refractivity contribution < 1.29 is 4.74 Å². The molecule has 1 atom stereocenters. The van der Waals surface area contributed by atoms with Crippen molar-refractivity contribution in [3.8, 4) is 5.75 Å². The van der Waals surface area contributed by atoms with Gasteiger partial charge in [-0.1, -0.05) is 36.4 Å². The van der Waals surface area contributed by atoms with Crippen molar-refractivity contribution in [1.29, 1.82) is 0 Å². The summed E-state index contributed by atoms with van der Waals surface area (Å²) in [4.78, 5) is 3.66. The molecule has 1 aliphatic heterocycles. The van der Waals surface area contributed by atoms with Crippen LogP contribution in [-0.4, -0.2) is 18.5 Å². The molecule has 1 unspecified atom stereocenters. The molecule has 3 aromatic rings. The van der Waals surface area contributed by atoms with Gasteiger partial charge in [0.2, 0.25) is 0 Å². The average Bonchev–Trinajstić information content (AvgIpc) is 2.88. The second-order valence-corrected chi connectivity index (χ2v) is 8.18. The van der Waals surface area contributed by atoms with E-state index in [9.17, 15) is 0 Å². The van der Waals surface area contributed by atoms with Crippen molar-refractivity contribution in [3.05, 3.63) is 62.8 Å². The molecule has 2 heterocycles. The van der Waals surface area contributed by atoms with Gasteiger partial charge in [-0.2, -0.15) is 0 Å². The Morgan fingerprint density at radius 2 is 1.96 bits per heavy atom. The topological polar surface area (TPSA) is 12.5 Å². The van der Waals surface area contributed by atoms with Gasteiger partial charge in [-0.15, -0.1) is 23.7 Å². The third kappa shape index (κ3) is 3.26. The zero-order chi connectivity index (χ0) is 15.1. The molecule has 120 valence electrons. The fourth-order valence-electron chi connectivity index (χ4n) is 3.07. The minimum absolute atomic E-state index is 0. The van der Waals surface area contributed by atoms with Crippen molar-refractivity contribution in [3.63, 3.8) is 0 Å². The van der Waals surface area contributed by atoms with Crippen molar-refractivity contribution in [2.24, 2.45) is 0 Å². The van der Waals surface area contributed by atoms with E-state index in [0.717, 1.165) is 18.8 Å². The van der Waals surface area contributed by atoms with Crippen LogP contribution >= 0.6 is 39.7 Å². The van der Waals surface area contributed by atoms with Gasteiger partial charge >= 0.3 is 0 Å². The summed E-state index contributed by atoms with van der Waals surface area (Å²) in [5.41, 5.74) is 1.37. The van der Waals surface area contributed by atoms with Gasteiger partial charge in [-0.05, 0) is 46.1 Å². The highest BCUT2D eigenvalue weighted by Crippen LogP contribution is 2.39. The first-order chi connectivity index (χ1) is 10.7. The Labute approximate surface area is 154 Å². The molecular formula is C18H17BrClNOS. The molecule has 1 aromatic heterocycles. The van der Waals surface area contributed by atoms with Crippen LogP contribution in [0, 0.1) is 0 Å². The van der Waals surface area contributed by atoms with E-state index >= 15 is 0 Å². The van der Waals surface area contributed by atoms with Crippen LogP contribution in [0.2, 0.25) is 0 Å². The molecule has 0 saturated heterocycles. The highest BCUT2D eigenvalue weighted by Gasteiger charge is 2.27. The van der Waals surface area contributed by atoms with Gasteiger partial charge in [0.1, 0.15) is 11.9 Å². The molecule has 0 aliphatic carbocycles. The minimum Gasteiger partial charge on any atom is -0.483 e. The van der Waals surface area contributed by atoms with Gasteiger partial charge in [0.25, 0.3) is 0 Å². The molecule has 5 heteroatoms. The SMILES string of the molecule is CN1Cc2cc(Br)sc2C(Oc2cccc3ccccc23)C1.Cl. The lowest BCUT2D eigenvalue weighted by molar-refractivity contribution is 0.134. The number of thiophene rings is 1. The zero-order valence-corrected chi connectivity index (χ0v) is 15.9. The summed E-state index contributed by atoms with van der Waals surface area (Å²) in [6.07, 6.45) is 0.0934. The molecule has 0 N–H and O–H groups in total. The summed E-state index contributed by atoms with van der Waals surface area (Å²) < 4.78 is 7.61. The van der Waals surface area contributed by atoms with Crippen LogP contribution in [-0.2, 0) is 6.54 Å². The van der Waals surface area contributed by atoms with E-state index < -0.39 is 0 Å². The Kier molecular flexibility index (Phi) is 4.97. The summed E-state index contributed by atoms with van der Waals surface area (Å²) in [5.74, 6) is 0.967. The van der Waals surface area contributed by atoms with E-state index in [0.29, 0.717) is 0 Å². The maximum absolute atomic E-state index is 6.43. The van der Waals surface area contributed by atoms with Gasteiger partial charge in [0.05, 0.1) is 8.66 Å². The van der Waals surface area contributed by atoms with Gasteiger partial charge in [-0.3, -0.25) is 4.90 Å². The predicted molar refractivity (Wildman–Crippen MR) is 103 cm³/mol. The zero-order valence-electron chi connectivity index (χ0n) is 12.7. The number of hydrogen-bond acceptors (Lipinski definition) is 3. The van der Waals surface area contributed by atoms with Crippen LogP contribution in [0.3, 0.4) is 0 Å². The predicted octanol–water partition coefficient (Wildman–Crippen LogP) is 5.65. The van der Waals surface area contributed by atoms with Crippen molar-refractivity contribution in [1.82, 2.24) is 4.90 Å². The van der Waals surface area contributed by atoms with E-state index in [1.807, 2.05) is 0 Å². The first kappa shape index (κ1) is 16.8. The Hall–Kier alpha value is -1.07. The molecular weight excluding hydrogens is 394 g/mol.